The standard InChI is InChI=1S/C14H21BrN4/c15-11-10-17-13(16)18-12(11)19-8-6-14(7-9-19)4-2-1-3-5-14/h10H,1-9H2,(H2,16,17,18). The van der Waals surface area contributed by atoms with Gasteiger partial charge < -0.3 is 10.6 Å². The second-order valence-corrected chi connectivity index (χ2v) is 6.80. The van der Waals surface area contributed by atoms with E-state index in [1.807, 2.05) is 0 Å². The summed E-state index contributed by atoms with van der Waals surface area (Å²) in [7, 11) is 0. The van der Waals surface area contributed by atoms with Gasteiger partial charge in [-0.25, -0.2) is 4.98 Å². The van der Waals surface area contributed by atoms with Crippen molar-refractivity contribution in [2.24, 2.45) is 5.41 Å². The minimum atomic E-state index is 0.358. The molecule has 0 aromatic carbocycles. The average Bonchev–Trinajstić information content (AvgIpc) is 2.44. The van der Waals surface area contributed by atoms with Crippen LogP contribution in [0.5, 0.6) is 0 Å². The summed E-state index contributed by atoms with van der Waals surface area (Å²) in [6.07, 6.45) is 11.5. The van der Waals surface area contributed by atoms with Crippen molar-refractivity contribution in [3.8, 4) is 0 Å². The van der Waals surface area contributed by atoms with Crippen molar-refractivity contribution in [2.45, 2.75) is 44.9 Å². The van der Waals surface area contributed by atoms with Crippen LogP contribution in [0.3, 0.4) is 0 Å². The highest BCUT2D eigenvalue weighted by molar-refractivity contribution is 9.10. The van der Waals surface area contributed by atoms with E-state index in [-0.39, 0.29) is 0 Å². The molecule has 0 unspecified atom stereocenters. The summed E-state index contributed by atoms with van der Waals surface area (Å²) >= 11 is 3.53. The highest BCUT2D eigenvalue weighted by Crippen LogP contribution is 2.45. The Morgan fingerprint density at radius 1 is 1.11 bits per heavy atom. The fraction of sp³-hybridized carbons (Fsp3) is 0.714. The minimum Gasteiger partial charge on any atom is -0.368 e. The molecule has 2 N–H and O–H groups in total. The van der Waals surface area contributed by atoms with E-state index in [9.17, 15) is 0 Å². The zero-order valence-electron chi connectivity index (χ0n) is 11.2. The average molecular weight is 325 g/mol. The first-order chi connectivity index (χ1) is 9.19. The zero-order chi connectivity index (χ0) is 13.3. The number of piperidine rings is 1. The van der Waals surface area contributed by atoms with Crippen LogP contribution in [0.1, 0.15) is 44.9 Å². The lowest BCUT2D eigenvalue weighted by Gasteiger charge is -2.44. The van der Waals surface area contributed by atoms with Gasteiger partial charge in [0.1, 0.15) is 5.82 Å². The summed E-state index contributed by atoms with van der Waals surface area (Å²) in [5.41, 5.74) is 6.33. The summed E-state index contributed by atoms with van der Waals surface area (Å²) < 4.78 is 0.946. The van der Waals surface area contributed by atoms with Crippen molar-refractivity contribution in [3.63, 3.8) is 0 Å². The Bertz CT molecular complexity index is 447. The first kappa shape index (κ1) is 13.2. The number of aromatic nitrogens is 2. The summed E-state index contributed by atoms with van der Waals surface area (Å²) in [6, 6.07) is 0. The molecule has 4 nitrogen and oxygen atoms in total. The van der Waals surface area contributed by atoms with Crippen LogP contribution in [0, 0.1) is 5.41 Å². The lowest BCUT2D eigenvalue weighted by atomic mass is 9.68. The number of nitrogens with two attached hydrogens (primary N) is 1. The van der Waals surface area contributed by atoms with E-state index in [2.05, 4.69) is 30.8 Å². The van der Waals surface area contributed by atoms with Crippen LogP contribution < -0.4 is 10.6 Å². The Balaban J connectivity index is 1.71. The molecule has 1 spiro atoms. The molecule has 1 saturated heterocycles. The molecule has 1 saturated carbocycles. The van der Waals surface area contributed by atoms with Crippen LogP contribution in [0.25, 0.3) is 0 Å². The number of hydrogen-bond acceptors (Lipinski definition) is 4. The van der Waals surface area contributed by atoms with E-state index >= 15 is 0 Å². The van der Waals surface area contributed by atoms with Crippen LogP contribution in [-0.4, -0.2) is 23.1 Å². The summed E-state index contributed by atoms with van der Waals surface area (Å²) in [5, 5.41) is 0. The van der Waals surface area contributed by atoms with Gasteiger partial charge in [-0.1, -0.05) is 19.3 Å². The third kappa shape index (κ3) is 2.71. The Hall–Kier alpha value is -0.840. The van der Waals surface area contributed by atoms with Gasteiger partial charge in [-0.3, -0.25) is 0 Å². The van der Waals surface area contributed by atoms with Gasteiger partial charge in [0.05, 0.1) is 4.47 Å². The molecule has 0 amide bonds. The number of nitrogens with zero attached hydrogens (tertiary/aromatic N) is 3. The Labute approximate surface area is 122 Å². The van der Waals surface area contributed by atoms with Crippen molar-refractivity contribution in [2.75, 3.05) is 23.7 Å². The zero-order valence-corrected chi connectivity index (χ0v) is 12.8. The summed E-state index contributed by atoms with van der Waals surface area (Å²) in [5.74, 6) is 1.31. The van der Waals surface area contributed by atoms with Gasteiger partial charge in [-0.05, 0) is 47.0 Å². The molecule has 3 rings (SSSR count). The summed E-state index contributed by atoms with van der Waals surface area (Å²) in [6.45, 7) is 2.18. The largest absolute Gasteiger partial charge is 0.368 e. The monoisotopic (exact) mass is 324 g/mol. The number of hydrogen-bond donors (Lipinski definition) is 1. The van der Waals surface area contributed by atoms with E-state index in [4.69, 9.17) is 5.73 Å². The van der Waals surface area contributed by atoms with E-state index < -0.39 is 0 Å². The fourth-order valence-electron chi connectivity index (χ4n) is 3.59. The van der Waals surface area contributed by atoms with Crippen molar-refractivity contribution in [3.05, 3.63) is 10.7 Å². The molecule has 0 bridgehead atoms. The lowest BCUT2D eigenvalue weighted by Crippen LogP contribution is -2.41. The van der Waals surface area contributed by atoms with E-state index in [0.717, 1.165) is 23.4 Å². The smallest absolute Gasteiger partial charge is 0.222 e. The van der Waals surface area contributed by atoms with Gasteiger partial charge in [0.15, 0.2) is 0 Å². The molecule has 5 heteroatoms. The van der Waals surface area contributed by atoms with Crippen LogP contribution in [-0.2, 0) is 0 Å². The molecule has 2 aliphatic rings. The predicted octanol–water partition coefficient (Wildman–Crippen LogP) is 3.37. The molecule has 0 atom stereocenters. The molecule has 0 radical (unpaired) electrons. The first-order valence-corrected chi connectivity index (χ1v) is 8.01. The van der Waals surface area contributed by atoms with Gasteiger partial charge in [0.2, 0.25) is 5.95 Å². The third-order valence-corrected chi connectivity index (χ3v) is 5.34. The van der Waals surface area contributed by atoms with Crippen molar-refractivity contribution >= 4 is 27.7 Å². The Morgan fingerprint density at radius 3 is 2.47 bits per heavy atom. The van der Waals surface area contributed by atoms with E-state index in [1.165, 1.54) is 44.9 Å². The lowest BCUT2D eigenvalue weighted by molar-refractivity contribution is 0.144. The second-order valence-electron chi connectivity index (χ2n) is 5.95. The molecule has 2 heterocycles. The first-order valence-electron chi connectivity index (χ1n) is 7.22. The van der Waals surface area contributed by atoms with E-state index in [0.29, 0.717) is 11.4 Å². The third-order valence-electron chi connectivity index (χ3n) is 4.78. The maximum absolute atomic E-state index is 5.70. The number of nitrogen functional groups attached to an aromatic ring is 1. The quantitative estimate of drug-likeness (QED) is 0.860. The molecule has 1 aromatic heterocycles. The SMILES string of the molecule is Nc1ncc(Br)c(N2CCC3(CCCCC3)CC2)n1. The number of anilines is 2. The highest BCUT2D eigenvalue weighted by Gasteiger charge is 2.36. The van der Waals surface area contributed by atoms with E-state index in [1.54, 1.807) is 6.20 Å². The maximum Gasteiger partial charge on any atom is 0.222 e. The van der Waals surface area contributed by atoms with Crippen LogP contribution in [0.15, 0.2) is 10.7 Å². The Morgan fingerprint density at radius 2 is 1.79 bits per heavy atom. The van der Waals surface area contributed by atoms with Gasteiger partial charge in [-0.15, -0.1) is 0 Å². The highest BCUT2D eigenvalue weighted by atomic mass is 79.9. The van der Waals surface area contributed by atoms with Crippen molar-refractivity contribution < 1.29 is 0 Å². The van der Waals surface area contributed by atoms with Gasteiger partial charge >= 0.3 is 0 Å². The number of rotatable bonds is 1. The minimum absolute atomic E-state index is 0.358. The van der Waals surface area contributed by atoms with Gasteiger partial charge in [0.25, 0.3) is 0 Å². The molecule has 1 aliphatic carbocycles. The van der Waals surface area contributed by atoms with Gasteiger partial charge in [-0.2, -0.15) is 4.98 Å². The van der Waals surface area contributed by atoms with Crippen LogP contribution in [0.4, 0.5) is 11.8 Å². The predicted molar refractivity (Wildman–Crippen MR) is 81.1 cm³/mol. The molecule has 2 fully saturated rings. The second kappa shape index (κ2) is 5.27. The van der Waals surface area contributed by atoms with Crippen LogP contribution in [0.2, 0.25) is 0 Å². The maximum atomic E-state index is 5.70. The molecule has 1 aromatic rings. The molecular weight excluding hydrogens is 304 g/mol. The number of halogens is 1. The Kier molecular flexibility index (Phi) is 3.65. The normalized spacial score (nSPS) is 22.7. The van der Waals surface area contributed by atoms with Crippen LogP contribution >= 0.6 is 15.9 Å². The summed E-state index contributed by atoms with van der Waals surface area (Å²) in [4.78, 5) is 10.7. The fourth-order valence-corrected chi connectivity index (χ4v) is 4.03. The topological polar surface area (TPSA) is 55.0 Å². The molecule has 1 aliphatic heterocycles. The van der Waals surface area contributed by atoms with Crippen molar-refractivity contribution in [1.29, 1.82) is 0 Å². The van der Waals surface area contributed by atoms with Crippen molar-refractivity contribution in [1.82, 2.24) is 9.97 Å². The van der Waals surface area contributed by atoms with Gasteiger partial charge in [0, 0.05) is 19.3 Å². The molecule has 19 heavy (non-hydrogen) atoms. The molecule has 104 valence electrons. The molecular formula is C14H21BrN4.